The van der Waals surface area contributed by atoms with Crippen LogP contribution >= 0.6 is 0 Å². The third-order valence-corrected chi connectivity index (χ3v) is 2.61. The van der Waals surface area contributed by atoms with Gasteiger partial charge in [0.2, 0.25) is 5.91 Å². The molecule has 0 aromatic heterocycles. The number of nitrogens with one attached hydrogen (secondary N) is 2. The second-order valence-corrected chi connectivity index (χ2v) is 3.94. The van der Waals surface area contributed by atoms with Gasteiger partial charge in [0.15, 0.2) is 0 Å². The van der Waals surface area contributed by atoms with Crippen LogP contribution in [0, 0.1) is 0 Å². The van der Waals surface area contributed by atoms with Gasteiger partial charge >= 0.3 is 12.0 Å². The molecule has 18 heavy (non-hydrogen) atoms. The molecule has 8 nitrogen and oxygen atoms in total. The monoisotopic (exact) mass is 259 g/mol. The van der Waals surface area contributed by atoms with E-state index >= 15 is 0 Å². The first-order chi connectivity index (χ1) is 8.54. The van der Waals surface area contributed by atoms with Crippen molar-refractivity contribution in [2.45, 2.75) is 18.9 Å². The summed E-state index contributed by atoms with van der Waals surface area (Å²) >= 11 is 0. The van der Waals surface area contributed by atoms with Gasteiger partial charge in [-0.15, -0.1) is 0 Å². The van der Waals surface area contributed by atoms with E-state index in [4.69, 9.17) is 10.2 Å². The largest absolute Gasteiger partial charge is 0.480 e. The minimum atomic E-state index is -1.19. The van der Waals surface area contributed by atoms with E-state index in [2.05, 4.69) is 10.6 Å². The fourth-order valence-corrected chi connectivity index (χ4v) is 1.60. The van der Waals surface area contributed by atoms with Crippen molar-refractivity contribution in [2.75, 3.05) is 26.2 Å². The number of nitrogens with zero attached hydrogens (tertiary/aromatic N) is 1. The van der Waals surface area contributed by atoms with Crippen LogP contribution in [-0.2, 0) is 9.59 Å². The third kappa shape index (κ3) is 4.21. The van der Waals surface area contributed by atoms with E-state index in [1.165, 1.54) is 4.90 Å². The molecule has 3 amide bonds. The zero-order valence-corrected chi connectivity index (χ0v) is 9.89. The topological polar surface area (TPSA) is 119 Å². The first kappa shape index (κ1) is 14.2. The highest BCUT2D eigenvalue weighted by molar-refractivity contribution is 5.83. The summed E-state index contributed by atoms with van der Waals surface area (Å²) in [4.78, 5) is 35.1. The molecule has 1 aliphatic heterocycles. The lowest BCUT2D eigenvalue weighted by Gasteiger charge is -2.22. The molecule has 1 saturated heterocycles. The van der Waals surface area contributed by atoms with Gasteiger partial charge in [0.05, 0.1) is 0 Å². The summed E-state index contributed by atoms with van der Waals surface area (Å²) in [5.74, 6) is -1.32. The number of hydrogen-bond acceptors (Lipinski definition) is 4. The smallest absolute Gasteiger partial charge is 0.326 e. The van der Waals surface area contributed by atoms with Gasteiger partial charge in [-0.1, -0.05) is 0 Å². The van der Waals surface area contributed by atoms with Crippen molar-refractivity contribution < 1.29 is 24.6 Å². The maximum absolute atomic E-state index is 11.8. The molecule has 1 fully saturated rings. The Hall–Kier alpha value is -1.83. The van der Waals surface area contributed by atoms with Crippen LogP contribution in [0.2, 0.25) is 0 Å². The molecule has 1 aliphatic rings. The Morgan fingerprint density at radius 2 is 2.17 bits per heavy atom. The first-order valence-electron chi connectivity index (χ1n) is 5.70. The van der Waals surface area contributed by atoms with Crippen molar-refractivity contribution in [1.82, 2.24) is 15.5 Å². The molecule has 1 atom stereocenters. The number of carbonyl (C=O) groups is 3. The summed E-state index contributed by atoms with van der Waals surface area (Å²) in [6, 6.07) is -1.65. The van der Waals surface area contributed by atoms with Crippen LogP contribution in [0.1, 0.15) is 12.8 Å². The van der Waals surface area contributed by atoms with Gasteiger partial charge in [-0.25, -0.2) is 9.59 Å². The predicted molar refractivity (Wildman–Crippen MR) is 60.9 cm³/mol. The lowest BCUT2D eigenvalue weighted by atomic mass is 10.2. The molecule has 4 N–H and O–H groups in total. The average molecular weight is 259 g/mol. The quantitative estimate of drug-likeness (QED) is 0.482. The van der Waals surface area contributed by atoms with Crippen LogP contribution in [0.4, 0.5) is 4.79 Å². The van der Waals surface area contributed by atoms with Crippen LogP contribution in [-0.4, -0.2) is 65.3 Å². The minimum absolute atomic E-state index is 0.0495. The van der Waals surface area contributed by atoms with E-state index < -0.39 is 18.0 Å². The van der Waals surface area contributed by atoms with E-state index in [0.717, 1.165) is 0 Å². The third-order valence-electron chi connectivity index (χ3n) is 2.61. The molecule has 1 rings (SSSR count). The lowest BCUT2D eigenvalue weighted by molar-refractivity contribution is -0.139. The summed E-state index contributed by atoms with van der Waals surface area (Å²) in [5, 5.41) is 22.5. The van der Waals surface area contributed by atoms with Gasteiger partial charge in [0.25, 0.3) is 0 Å². The van der Waals surface area contributed by atoms with Crippen molar-refractivity contribution in [3.63, 3.8) is 0 Å². The molecule has 0 spiro atoms. The maximum Gasteiger partial charge on any atom is 0.326 e. The number of aliphatic hydroxyl groups is 1. The zero-order valence-electron chi connectivity index (χ0n) is 9.89. The molecule has 0 aromatic carbocycles. The molecule has 102 valence electrons. The minimum Gasteiger partial charge on any atom is -0.480 e. The summed E-state index contributed by atoms with van der Waals surface area (Å²) in [6.07, 6.45) is 0.150. The van der Waals surface area contributed by atoms with Crippen molar-refractivity contribution in [3.05, 3.63) is 0 Å². The van der Waals surface area contributed by atoms with E-state index in [9.17, 15) is 14.4 Å². The standard InChI is InChI=1S/C10H17N3O5/c14-6-2-7(9(16)17)12-10(18)13-4-1-8(15)11-3-5-13/h7,14H,1-6H2,(H,11,15)(H,12,18)(H,16,17)/t7-/m0/s1. The van der Waals surface area contributed by atoms with Crippen LogP contribution < -0.4 is 10.6 Å². The highest BCUT2D eigenvalue weighted by Gasteiger charge is 2.24. The predicted octanol–water partition coefficient (Wildman–Crippen LogP) is -1.65. The Kier molecular flexibility index (Phi) is 5.37. The normalized spacial score (nSPS) is 17.6. The second-order valence-electron chi connectivity index (χ2n) is 3.94. The molecule has 8 heteroatoms. The number of rotatable bonds is 4. The molecule has 0 aromatic rings. The summed E-state index contributed by atoms with van der Waals surface area (Å²) in [5.41, 5.74) is 0. The number of urea groups is 1. The van der Waals surface area contributed by atoms with E-state index in [-0.39, 0.29) is 31.9 Å². The van der Waals surface area contributed by atoms with Crippen LogP contribution in [0.15, 0.2) is 0 Å². The van der Waals surface area contributed by atoms with Gasteiger partial charge in [-0.05, 0) is 0 Å². The fourth-order valence-electron chi connectivity index (χ4n) is 1.60. The Morgan fingerprint density at radius 3 is 2.78 bits per heavy atom. The van der Waals surface area contributed by atoms with Crippen molar-refractivity contribution in [3.8, 4) is 0 Å². The van der Waals surface area contributed by atoms with E-state index in [0.29, 0.717) is 13.1 Å². The van der Waals surface area contributed by atoms with Gasteiger partial charge in [0, 0.05) is 39.1 Å². The number of amides is 3. The Morgan fingerprint density at radius 1 is 1.44 bits per heavy atom. The number of carbonyl (C=O) groups excluding carboxylic acids is 2. The second kappa shape index (κ2) is 6.80. The molecular formula is C10H17N3O5. The van der Waals surface area contributed by atoms with Crippen LogP contribution in [0.5, 0.6) is 0 Å². The molecule has 0 bridgehead atoms. The molecule has 0 unspecified atom stereocenters. The Balaban J connectivity index is 2.52. The average Bonchev–Trinajstić information content (AvgIpc) is 2.53. The zero-order chi connectivity index (χ0) is 13.5. The van der Waals surface area contributed by atoms with E-state index in [1.807, 2.05) is 0 Å². The van der Waals surface area contributed by atoms with Gasteiger partial charge in [-0.3, -0.25) is 4.79 Å². The molecular weight excluding hydrogens is 242 g/mol. The van der Waals surface area contributed by atoms with Crippen molar-refractivity contribution in [2.24, 2.45) is 0 Å². The van der Waals surface area contributed by atoms with Gasteiger partial charge in [0.1, 0.15) is 6.04 Å². The highest BCUT2D eigenvalue weighted by Crippen LogP contribution is 1.99. The number of carboxylic acids is 1. The fraction of sp³-hybridized carbons (Fsp3) is 0.700. The molecule has 0 saturated carbocycles. The van der Waals surface area contributed by atoms with E-state index in [1.54, 1.807) is 0 Å². The summed E-state index contributed by atoms with van der Waals surface area (Å²) < 4.78 is 0. The lowest BCUT2D eigenvalue weighted by Crippen LogP contribution is -2.49. The highest BCUT2D eigenvalue weighted by atomic mass is 16.4. The Bertz CT molecular complexity index is 333. The molecule has 1 heterocycles. The summed E-state index contributed by atoms with van der Waals surface area (Å²) in [6.45, 7) is 0.618. The number of aliphatic hydroxyl groups excluding tert-OH is 1. The van der Waals surface area contributed by atoms with Gasteiger partial charge in [-0.2, -0.15) is 0 Å². The van der Waals surface area contributed by atoms with Crippen LogP contribution in [0.25, 0.3) is 0 Å². The van der Waals surface area contributed by atoms with Crippen LogP contribution in [0.3, 0.4) is 0 Å². The first-order valence-corrected chi connectivity index (χ1v) is 5.70. The maximum atomic E-state index is 11.8. The number of carboxylic acid groups (broad SMARTS) is 1. The molecule has 0 aliphatic carbocycles. The number of aliphatic carboxylic acids is 1. The summed E-state index contributed by atoms with van der Waals surface area (Å²) in [7, 11) is 0. The van der Waals surface area contributed by atoms with Crippen molar-refractivity contribution in [1.29, 1.82) is 0 Å². The molecule has 0 radical (unpaired) electrons. The number of hydrogen-bond donors (Lipinski definition) is 4. The van der Waals surface area contributed by atoms with Gasteiger partial charge < -0.3 is 25.7 Å². The Labute approximate surface area is 104 Å². The SMILES string of the molecule is O=C1CCN(C(=O)N[C@@H](CCO)C(=O)O)CCN1. The van der Waals surface area contributed by atoms with Crippen molar-refractivity contribution >= 4 is 17.9 Å².